The first-order valence-electron chi connectivity index (χ1n) is 7.23. The van der Waals surface area contributed by atoms with Crippen LogP contribution in [0.5, 0.6) is 0 Å². The number of nitrogens with two attached hydrogens (primary N) is 1. The van der Waals surface area contributed by atoms with Crippen LogP contribution in [0.25, 0.3) is 0 Å². The molecule has 0 radical (unpaired) electrons. The van der Waals surface area contributed by atoms with Gasteiger partial charge >= 0.3 is 0 Å². The van der Waals surface area contributed by atoms with E-state index in [-0.39, 0.29) is 5.91 Å². The minimum Gasteiger partial charge on any atom is -0.378 e. The number of benzene rings is 1. The second-order valence-electron chi connectivity index (χ2n) is 5.44. The lowest BCUT2D eigenvalue weighted by Crippen LogP contribution is -2.45. The van der Waals surface area contributed by atoms with Gasteiger partial charge in [-0.3, -0.25) is 4.79 Å². The first-order chi connectivity index (χ1) is 9.49. The van der Waals surface area contributed by atoms with Crippen molar-refractivity contribution < 1.29 is 4.79 Å². The van der Waals surface area contributed by atoms with Gasteiger partial charge in [-0.1, -0.05) is 26.0 Å². The Bertz CT molecular complexity index is 431. The lowest BCUT2D eigenvalue weighted by atomic mass is 9.81. The number of amides is 1. The lowest BCUT2D eigenvalue weighted by molar-refractivity contribution is -0.131. The van der Waals surface area contributed by atoms with Gasteiger partial charge in [-0.05, 0) is 30.5 Å². The summed E-state index contributed by atoms with van der Waals surface area (Å²) in [5, 5.41) is 3.02. The SMILES string of the molecule is CCC(CC)(CN)C(=O)NCc1cccc(N(C)C)c1. The third kappa shape index (κ3) is 3.73. The molecule has 0 spiro atoms. The fraction of sp³-hybridized carbons (Fsp3) is 0.562. The molecule has 1 aromatic carbocycles. The summed E-state index contributed by atoms with van der Waals surface area (Å²) >= 11 is 0. The molecule has 0 heterocycles. The van der Waals surface area contributed by atoms with Crippen LogP contribution in [0.4, 0.5) is 5.69 Å². The maximum Gasteiger partial charge on any atom is 0.227 e. The number of rotatable bonds is 7. The van der Waals surface area contributed by atoms with E-state index in [2.05, 4.69) is 11.4 Å². The Morgan fingerprint density at radius 3 is 2.45 bits per heavy atom. The predicted octanol–water partition coefficient (Wildman–Crippen LogP) is 2.13. The molecule has 1 rings (SSSR count). The van der Waals surface area contributed by atoms with Crippen LogP contribution in [0.2, 0.25) is 0 Å². The minimum absolute atomic E-state index is 0.0558. The molecule has 0 fully saturated rings. The van der Waals surface area contributed by atoms with Gasteiger partial charge in [0.15, 0.2) is 0 Å². The van der Waals surface area contributed by atoms with Crippen LogP contribution in [0, 0.1) is 5.41 Å². The highest BCUT2D eigenvalue weighted by Gasteiger charge is 2.32. The maximum atomic E-state index is 12.3. The zero-order valence-corrected chi connectivity index (χ0v) is 13.1. The van der Waals surface area contributed by atoms with Gasteiger partial charge in [-0.25, -0.2) is 0 Å². The van der Waals surface area contributed by atoms with Gasteiger partial charge in [0.1, 0.15) is 0 Å². The van der Waals surface area contributed by atoms with E-state index in [4.69, 9.17) is 5.73 Å². The van der Waals surface area contributed by atoms with E-state index < -0.39 is 5.41 Å². The number of nitrogens with one attached hydrogen (secondary N) is 1. The topological polar surface area (TPSA) is 58.4 Å². The van der Waals surface area contributed by atoms with Crippen molar-refractivity contribution in [2.75, 3.05) is 25.5 Å². The van der Waals surface area contributed by atoms with Crippen LogP contribution >= 0.6 is 0 Å². The van der Waals surface area contributed by atoms with E-state index in [1.165, 1.54) is 0 Å². The molecular weight excluding hydrogens is 250 g/mol. The van der Waals surface area contributed by atoms with E-state index >= 15 is 0 Å². The number of carbonyl (C=O) groups is 1. The van der Waals surface area contributed by atoms with Crippen molar-refractivity contribution in [1.29, 1.82) is 0 Å². The van der Waals surface area contributed by atoms with Gasteiger partial charge in [0.05, 0.1) is 5.41 Å². The largest absolute Gasteiger partial charge is 0.378 e. The summed E-state index contributed by atoms with van der Waals surface area (Å²) in [6.45, 7) is 4.97. The van der Waals surface area contributed by atoms with Crippen molar-refractivity contribution in [2.45, 2.75) is 33.2 Å². The molecule has 0 aliphatic rings. The van der Waals surface area contributed by atoms with E-state index in [0.29, 0.717) is 13.1 Å². The molecule has 4 nitrogen and oxygen atoms in total. The van der Waals surface area contributed by atoms with E-state index in [1.807, 2.05) is 51.0 Å². The van der Waals surface area contributed by atoms with Crippen LogP contribution in [-0.4, -0.2) is 26.5 Å². The highest BCUT2D eigenvalue weighted by molar-refractivity contribution is 5.82. The maximum absolute atomic E-state index is 12.3. The minimum atomic E-state index is -0.431. The molecule has 0 aromatic heterocycles. The highest BCUT2D eigenvalue weighted by Crippen LogP contribution is 2.25. The lowest BCUT2D eigenvalue weighted by Gasteiger charge is -2.28. The molecule has 0 saturated heterocycles. The summed E-state index contributed by atoms with van der Waals surface area (Å²) < 4.78 is 0. The van der Waals surface area contributed by atoms with Crippen molar-refractivity contribution in [3.8, 4) is 0 Å². The number of carbonyl (C=O) groups excluding carboxylic acids is 1. The average Bonchev–Trinajstić information content (AvgIpc) is 2.47. The fourth-order valence-corrected chi connectivity index (χ4v) is 2.27. The van der Waals surface area contributed by atoms with Crippen molar-refractivity contribution in [1.82, 2.24) is 5.32 Å². The Morgan fingerprint density at radius 2 is 1.95 bits per heavy atom. The molecule has 3 N–H and O–H groups in total. The third-order valence-electron chi connectivity index (χ3n) is 4.11. The van der Waals surface area contributed by atoms with E-state index in [9.17, 15) is 4.79 Å². The van der Waals surface area contributed by atoms with Crippen LogP contribution < -0.4 is 16.0 Å². The average molecular weight is 277 g/mol. The summed E-state index contributed by atoms with van der Waals surface area (Å²) in [4.78, 5) is 14.4. The van der Waals surface area contributed by atoms with Gasteiger partial charge < -0.3 is 16.0 Å². The van der Waals surface area contributed by atoms with Gasteiger partial charge in [-0.15, -0.1) is 0 Å². The van der Waals surface area contributed by atoms with Crippen LogP contribution in [0.15, 0.2) is 24.3 Å². The second-order valence-corrected chi connectivity index (χ2v) is 5.44. The Kier molecular flexibility index (Phi) is 6.02. The number of hydrogen-bond acceptors (Lipinski definition) is 3. The predicted molar refractivity (Wildman–Crippen MR) is 84.7 cm³/mol. The molecule has 20 heavy (non-hydrogen) atoms. The first kappa shape index (κ1) is 16.5. The Labute approximate surface area is 122 Å². The van der Waals surface area contributed by atoms with Crippen molar-refractivity contribution in [3.05, 3.63) is 29.8 Å². The van der Waals surface area contributed by atoms with Crippen molar-refractivity contribution >= 4 is 11.6 Å². The highest BCUT2D eigenvalue weighted by atomic mass is 16.2. The number of anilines is 1. The zero-order valence-electron chi connectivity index (χ0n) is 13.1. The normalized spacial score (nSPS) is 11.2. The fourth-order valence-electron chi connectivity index (χ4n) is 2.27. The molecule has 0 aliphatic heterocycles. The number of hydrogen-bond donors (Lipinski definition) is 2. The molecule has 1 aromatic rings. The molecule has 112 valence electrons. The Morgan fingerprint density at radius 1 is 1.30 bits per heavy atom. The van der Waals surface area contributed by atoms with Crippen LogP contribution in [0.1, 0.15) is 32.3 Å². The van der Waals surface area contributed by atoms with E-state index in [1.54, 1.807) is 0 Å². The summed E-state index contributed by atoms with van der Waals surface area (Å²) in [5.74, 6) is 0.0558. The molecule has 4 heteroatoms. The van der Waals surface area contributed by atoms with Gasteiger partial charge in [0.25, 0.3) is 0 Å². The molecule has 0 unspecified atom stereocenters. The Balaban J connectivity index is 2.71. The molecule has 0 atom stereocenters. The standard InChI is InChI=1S/C16H27N3O/c1-5-16(6-2,12-17)15(20)18-11-13-8-7-9-14(10-13)19(3)4/h7-10H,5-6,11-12,17H2,1-4H3,(H,18,20). The monoisotopic (exact) mass is 277 g/mol. The quantitative estimate of drug-likeness (QED) is 0.803. The zero-order chi connectivity index (χ0) is 15.2. The molecule has 0 bridgehead atoms. The van der Waals surface area contributed by atoms with Gasteiger partial charge in [-0.2, -0.15) is 0 Å². The smallest absolute Gasteiger partial charge is 0.227 e. The molecule has 0 aliphatic carbocycles. The van der Waals surface area contributed by atoms with Gasteiger partial charge in [0.2, 0.25) is 5.91 Å². The van der Waals surface area contributed by atoms with E-state index in [0.717, 1.165) is 24.1 Å². The molecule has 0 saturated carbocycles. The summed E-state index contributed by atoms with van der Waals surface area (Å²) in [7, 11) is 4.01. The number of nitrogens with zero attached hydrogens (tertiary/aromatic N) is 1. The summed E-state index contributed by atoms with van der Waals surface area (Å²) in [6.07, 6.45) is 1.53. The van der Waals surface area contributed by atoms with Gasteiger partial charge in [0, 0.05) is 32.9 Å². The van der Waals surface area contributed by atoms with Crippen molar-refractivity contribution in [3.63, 3.8) is 0 Å². The summed E-state index contributed by atoms with van der Waals surface area (Å²) in [6, 6.07) is 8.16. The van der Waals surface area contributed by atoms with Crippen molar-refractivity contribution in [2.24, 2.45) is 11.1 Å². The summed E-state index contributed by atoms with van der Waals surface area (Å²) in [5.41, 5.74) is 7.60. The molecule has 1 amide bonds. The first-order valence-corrected chi connectivity index (χ1v) is 7.23. The second kappa shape index (κ2) is 7.29. The van der Waals surface area contributed by atoms with Crippen LogP contribution in [-0.2, 0) is 11.3 Å². The van der Waals surface area contributed by atoms with Crippen LogP contribution in [0.3, 0.4) is 0 Å². The molecular formula is C16H27N3O. The Hall–Kier alpha value is -1.55. The third-order valence-corrected chi connectivity index (χ3v) is 4.11.